The number of hydrogen-bond acceptors (Lipinski definition) is 9. The fraction of sp³-hybridized carbons (Fsp3) is 0.583. The molecule has 6 rings (SSSR count). The number of piperazine rings is 1. The van der Waals surface area contributed by atoms with Crippen LogP contribution in [-0.2, 0) is 4.79 Å². The van der Waals surface area contributed by atoms with Gasteiger partial charge in [-0.25, -0.2) is 4.98 Å². The second kappa shape index (κ2) is 9.71. The molecule has 10 nitrogen and oxygen atoms in total. The van der Waals surface area contributed by atoms with Crippen molar-refractivity contribution in [2.24, 2.45) is 0 Å². The van der Waals surface area contributed by atoms with Gasteiger partial charge < -0.3 is 20.9 Å². The minimum atomic E-state index is 0.256. The fourth-order valence-corrected chi connectivity index (χ4v) is 6.61. The molecule has 6 heterocycles. The highest BCUT2D eigenvalue weighted by atomic mass is 32.1. The Kier molecular flexibility index (Phi) is 6.29. The second-order valence-corrected chi connectivity index (χ2v) is 10.9. The van der Waals surface area contributed by atoms with E-state index in [4.69, 9.17) is 9.97 Å². The quantitative estimate of drug-likeness (QED) is 0.413. The van der Waals surface area contributed by atoms with Gasteiger partial charge in [-0.2, -0.15) is 10.1 Å². The number of carbonyl (C=O) groups is 1. The summed E-state index contributed by atoms with van der Waals surface area (Å²) < 4.78 is 0. The molecule has 3 atom stereocenters. The van der Waals surface area contributed by atoms with E-state index in [0.29, 0.717) is 30.5 Å². The third kappa shape index (κ3) is 4.85. The maximum Gasteiger partial charge on any atom is 0.237 e. The largest absolute Gasteiger partial charge is 0.351 e. The molecule has 3 saturated heterocycles. The summed E-state index contributed by atoms with van der Waals surface area (Å²) in [7, 11) is 0. The molecule has 11 heteroatoms. The first kappa shape index (κ1) is 22.7. The van der Waals surface area contributed by atoms with Gasteiger partial charge in [-0.1, -0.05) is 0 Å². The molecule has 0 aromatic carbocycles. The number of piperidine rings is 2. The van der Waals surface area contributed by atoms with Gasteiger partial charge in [0.15, 0.2) is 5.82 Å². The van der Waals surface area contributed by atoms with E-state index in [-0.39, 0.29) is 6.04 Å². The number of aryl methyl sites for hydroxylation is 1. The summed E-state index contributed by atoms with van der Waals surface area (Å²) in [6.45, 7) is 6.37. The van der Waals surface area contributed by atoms with Gasteiger partial charge in [0.25, 0.3) is 0 Å². The molecule has 2 bridgehead atoms. The molecule has 0 saturated carbocycles. The molecule has 1 unspecified atom stereocenters. The van der Waals surface area contributed by atoms with E-state index in [1.54, 1.807) is 11.3 Å². The van der Waals surface area contributed by atoms with Crippen molar-refractivity contribution < 1.29 is 4.79 Å². The zero-order valence-corrected chi connectivity index (χ0v) is 20.9. The molecule has 3 aromatic rings. The van der Waals surface area contributed by atoms with E-state index in [1.165, 1.54) is 6.42 Å². The zero-order valence-electron chi connectivity index (χ0n) is 20.1. The average Bonchev–Trinajstić information content (AvgIpc) is 3.48. The Morgan fingerprint density at radius 3 is 2.74 bits per heavy atom. The predicted molar refractivity (Wildman–Crippen MR) is 138 cm³/mol. The summed E-state index contributed by atoms with van der Waals surface area (Å²) >= 11 is 1.61. The van der Waals surface area contributed by atoms with Crippen molar-refractivity contribution in [3.63, 3.8) is 0 Å². The van der Waals surface area contributed by atoms with Gasteiger partial charge in [-0.15, -0.1) is 11.3 Å². The van der Waals surface area contributed by atoms with Gasteiger partial charge in [0, 0.05) is 56.1 Å². The van der Waals surface area contributed by atoms with Gasteiger partial charge >= 0.3 is 0 Å². The second-order valence-electron chi connectivity index (χ2n) is 9.97. The third-order valence-corrected chi connectivity index (χ3v) is 8.25. The van der Waals surface area contributed by atoms with Crippen LogP contribution in [0.4, 0.5) is 17.6 Å². The van der Waals surface area contributed by atoms with Crippen molar-refractivity contribution in [1.82, 2.24) is 35.3 Å². The summed E-state index contributed by atoms with van der Waals surface area (Å²) in [6.07, 6.45) is 5.25. The van der Waals surface area contributed by atoms with E-state index in [1.807, 2.05) is 24.4 Å². The number of nitrogens with one attached hydrogen (secondary N) is 4. The van der Waals surface area contributed by atoms with Crippen LogP contribution in [-0.4, -0.2) is 86.7 Å². The van der Waals surface area contributed by atoms with Gasteiger partial charge in [0.05, 0.1) is 11.9 Å². The molecule has 4 N–H and O–H groups in total. The molecule has 186 valence electrons. The SMILES string of the molecule is Cc1cc(Nc2nc(NC3C[C@H]4CCC[C@@H](C3)N4C(=O)CN3CCNCC3)nc3sccc23)n[nH]1. The molecular formula is C24H33N9OS. The summed E-state index contributed by atoms with van der Waals surface area (Å²) in [6, 6.07) is 4.85. The van der Waals surface area contributed by atoms with Crippen molar-refractivity contribution in [3.8, 4) is 0 Å². The standard InChI is InChI=1S/C24H33N9OS/c1-15-11-20(31-30-15)27-22-19-5-10-35-23(19)29-24(28-22)26-16-12-17-3-2-4-18(13-16)33(17)21(34)14-32-8-6-25-7-9-32/h5,10-11,16-18,25H,2-4,6-9,12-14H2,1H3,(H3,26,27,28,29,30,31)/t16?,17-,18+. The number of H-pyrrole nitrogens is 1. The molecule has 3 aliphatic rings. The average molecular weight is 496 g/mol. The van der Waals surface area contributed by atoms with E-state index in [2.05, 4.69) is 35.9 Å². The van der Waals surface area contributed by atoms with Gasteiger partial charge in [-0.3, -0.25) is 14.8 Å². The fourth-order valence-electron chi connectivity index (χ4n) is 5.85. The normalized spacial score (nSPS) is 25.1. The number of rotatable bonds is 6. The Bertz CT molecular complexity index is 1170. The number of anilines is 3. The van der Waals surface area contributed by atoms with Crippen LogP contribution in [0.5, 0.6) is 0 Å². The minimum absolute atomic E-state index is 0.256. The lowest BCUT2D eigenvalue weighted by Crippen LogP contribution is -2.59. The summed E-state index contributed by atoms with van der Waals surface area (Å²) in [5, 5.41) is 20.6. The molecule has 3 aliphatic heterocycles. The molecule has 3 aromatic heterocycles. The third-order valence-electron chi connectivity index (χ3n) is 7.44. The Labute approximate surface area is 208 Å². The van der Waals surface area contributed by atoms with Crippen molar-refractivity contribution in [3.05, 3.63) is 23.2 Å². The predicted octanol–water partition coefficient (Wildman–Crippen LogP) is 2.70. The van der Waals surface area contributed by atoms with E-state index < -0.39 is 0 Å². The number of carbonyl (C=O) groups excluding carboxylic acids is 1. The number of hydrogen-bond donors (Lipinski definition) is 4. The Morgan fingerprint density at radius 1 is 1.20 bits per heavy atom. The Hall–Kier alpha value is -2.76. The van der Waals surface area contributed by atoms with Crippen LogP contribution in [0.15, 0.2) is 17.5 Å². The van der Waals surface area contributed by atoms with E-state index >= 15 is 0 Å². The lowest BCUT2D eigenvalue weighted by Gasteiger charge is -2.49. The van der Waals surface area contributed by atoms with Gasteiger partial charge in [0.1, 0.15) is 10.6 Å². The number of thiophene rings is 1. The lowest BCUT2D eigenvalue weighted by molar-refractivity contribution is -0.142. The van der Waals surface area contributed by atoms with Crippen LogP contribution in [0.3, 0.4) is 0 Å². The summed E-state index contributed by atoms with van der Waals surface area (Å²) in [5.41, 5.74) is 0.992. The van der Waals surface area contributed by atoms with Crippen molar-refractivity contribution in [2.75, 3.05) is 43.4 Å². The van der Waals surface area contributed by atoms with Crippen LogP contribution in [0.25, 0.3) is 10.2 Å². The highest BCUT2D eigenvalue weighted by Crippen LogP contribution is 2.36. The number of fused-ring (bicyclic) bond motifs is 3. The van der Waals surface area contributed by atoms with Gasteiger partial charge in [-0.05, 0) is 50.5 Å². The lowest BCUT2D eigenvalue weighted by atomic mass is 9.81. The van der Waals surface area contributed by atoms with E-state index in [0.717, 1.165) is 79.4 Å². The van der Waals surface area contributed by atoms with Gasteiger partial charge in [0.2, 0.25) is 11.9 Å². The first-order valence-corrected chi connectivity index (χ1v) is 13.6. The van der Waals surface area contributed by atoms with Crippen LogP contribution in [0.1, 0.15) is 37.8 Å². The number of aromatic amines is 1. The molecule has 3 fully saturated rings. The highest BCUT2D eigenvalue weighted by molar-refractivity contribution is 7.16. The topological polar surface area (TPSA) is 114 Å². The van der Waals surface area contributed by atoms with E-state index in [9.17, 15) is 4.79 Å². The summed E-state index contributed by atoms with van der Waals surface area (Å²) in [5.74, 6) is 2.44. The van der Waals surface area contributed by atoms with Crippen molar-refractivity contribution in [2.45, 2.75) is 57.2 Å². The number of nitrogens with zero attached hydrogens (tertiary/aromatic N) is 5. The highest BCUT2D eigenvalue weighted by Gasteiger charge is 2.41. The molecule has 0 radical (unpaired) electrons. The number of amides is 1. The maximum absolute atomic E-state index is 13.3. The molecule has 0 aliphatic carbocycles. The first-order chi connectivity index (χ1) is 17.1. The van der Waals surface area contributed by atoms with Crippen molar-refractivity contribution >= 4 is 45.0 Å². The summed E-state index contributed by atoms with van der Waals surface area (Å²) in [4.78, 5) is 28.4. The Balaban J connectivity index is 1.16. The van der Waals surface area contributed by atoms with Crippen LogP contribution in [0.2, 0.25) is 0 Å². The zero-order chi connectivity index (χ0) is 23.8. The van der Waals surface area contributed by atoms with Crippen LogP contribution in [0, 0.1) is 6.92 Å². The monoisotopic (exact) mass is 495 g/mol. The molecular weight excluding hydrogens is 462 g/mol. The van der Waals surface area contributed by atoms with Crippen LogP contribution < -0.4 is 16.0 Å². The smallest absolute Gasteiger partial charge is 0.237 e. The molecule has 0 spiro atoms. The Morgan fingerprint density at radius 2 is 2.00 bits per heavy atom. The first-order valence-electron chi connectivity index (χ1n) is 12.7. The number of aromatic nitrogens is 4. The molecule has 35 heavy (non-hydrogen) atoms. The minimum Gasteiger partial charge on any atom is -0.351 e. The van der Waals surface area contributed by atoms with Crippen molar-refractivity contribution in [1.29, 1.82) is 0 Å². The van der Waals surface area contributed by atoms with Crippen LogP contribution >= 0.6 is 11.3 Å². The molecule has 1 amide bonds. The maximum atomic E-state index is 13.3.